The van der Waals surface area contributed by atoms with Crippen molar-refractivity contribution in [3.05, 3.63) is 87.9 Å². The Balaban J connectivity index is 1.30. The minimum Gasteiger partial charge on any atom is -0.481 e. The summed E-state index contributed by atoms with van der Waals surface area (Å²) in [5, 5.41) is 12.0. The first-order chi connectivity index (χ1) is 16.9. The van der Waals surface area contributed by atoms with Crippen molar-refractivity contribution in [3.8, 4) is 11.1 Å². The van der Waals surface area contributed by atoms with E-state index >= 15 is 0 Å². The highest BCUT2D eigenvalue weighted by atomic mass is 79.9. The maximum Gasteiger partial charge on any atom is 0.411 e. The highest BCUT2D eigenvalue weighted by Gasteiger charge is 2.33. The quantitative estimate of drug-likeness (QED) is 0.459. The molecular formula is C27H23BrN2O5. The van der Waals surface area contributed by atoms with Crippen molar-refractivity contribution in [1.29, 1.82) is 0 Å². The lowest BCUT2D eigenvalue weighted by atomic mass is 9.98. The van der Waals surface area contributed by atoms with Crippen molar-refractivity contribution < 1.29 is 24.2 Å². The number of carbonyl (C=O) groups excluding carboxylic acids is 2. The fourth-order valence-electron chi connectivity index (χ4n) is 4.87. The third kappa shape index (κ3) is 4.53. The second-order valence-electron chi connectivity index (χ2n) is 8.72. The fourth-order valence-corrected chi connectivity index (χ4v) is 5.23. The van der Waals surface area contributed by atoms with Crippen LogP contribution in [0.3, 0.4) is 0 Å². The van der Waals surface area contributed by atoms with Crippen molar-refractivity contribution in [1.82, 2.24) is 4.90 Å². The number of carboxylic acid groups (broad SMARTS) is 1. The molecule has 35 heavy (non-hydrogen) atoms. The van der Waals surface area contributed by atoms with E-state index in [1.807, 2.05) is 36.4 Å². The Morgan fingerprint density at radius 2 is 1.66 bits per heavy atom. The number of fused-ring (bicyclic) bond motifs is 3. The van der Waals surface area contributed by atoms with Crippen molar-refractivity contribution in [3.63, 3.8) is 0 Å². The van der Waals surface area contributed by atoms with Gasteiger partial charge in [0.2, 0.25) is 0 Å². The third-order valence-corrected chi connectivity index (χ3v) is 7.11. The van der Waals surface area contributed by atoms with Crippen LogP contribution in [-0.4, -0.2) is 47.7 Å². The Morgan fingerprint density at radius 3 is 2.29 bits per heavy atom. The molecule has 0 bridgehead atoms. The van der Waals surface area contributed by atoms with E-state index in [2.05, 4.69) is 33.4 Å². The first-order valence-electron chi connectivity index (χ1n) is 11.4. The number of likely N-dealkylation sites (tertiary alicyclic amines) is 1. The topological polar surface area (TPSA) is 95.9 Å². The van der Waals surface area contributed by atoms with Gasteiger partial charge in [0.05, 0.1) is 17.2 Å². The highest BCUT2D eigenvalue weighted by molar-refractivity contribution is 9.10. The number of amides is 2. The van der Waals surface area contributed by atoms with Gasteiger partial charge >= 0.3 is 12.1 Å². The molecular weight excluding hydrogens is 512 g/mol. The van der Waals surface area contributed by atoms with E-state index in [1.165, 1.54) is 4.90 Å². The smallest absolute Gasteiger partial charge is 0.411 e. The normalized spacial score (nSPS) is 16.5. The van der Waals surface area contributed by atoms with E-state index in [-0.39, 0.29) is 30.5 Å². The molecule has 7 nitrogen and oxygen atoms in total. The predicted molar refractivity (Wildman–Crippen MR) is 134 cm³/mol. The lowest BCUT2D eigenvalue weighted by Gasteiger charge is -2.19. The molecule has 3 aromatic rings. The van der Waals surface area contributed by atoms with Gasteiger partial charge in [-0.3, -0.25) is 14.9 Å². The summed E-state index contributed by atoms with van der Waals surface area (Å²) in [6, 6.07) is 21.1. The van der Waals surface area contributed by atoms with E-state index in [0.717, 1.165) is 22.3 Å². The number of nitrogens with zero attached hydrogens (tertiary/aromatic N) is 1. The predicted octanol–water partition coefficient (Wildman–Crippen LogP) is 5.36. The Bertz CT molecular complexity index is 1280. The lowest BCUT2D eigenvalue weighted by molar-refractivity contribution is -0.141. The number of hydrogen-bond acceptors (Lipinski definition) is 4. The van der Waals surface area contributed by atoms with Crippen LogP contribution in [-0.2, 0) is 9.53 Å². The molecule has 1 unspecified atom stereocenters. The first kappa shape index (κ1) is 23.1. The number of nitrogens with one attached hydrogen (secondary N) is 1. The van der Waals surface area contributed by atoms with Gasteiger partial charge < -0.3 is 14.7 Å². The molecule has 5 rings (SSSR count). The molecule has 0 saturated carbocycles. The zero-order valence-corrected chi connectivity index (χ0v) is 20.3. The van der Waals surface area contributed by atoms with Crippen LogP contribution in [0.1, 0.15) is 33.8 Å². The summed E-state index contributed by atoms with van der Waals surface area (Å²) in [5.41, 5.74) is 5.10. The molecule has 1 aliphatic carbocycles. The summed E-state index contributed by atoms with van der Waals surface area (Å²) >= 11 is 3.38. The molecule has 1 saturated heterocycles. The van der Waals surface area contributed by atoms with Crippen molar-refractivity contribution in [2.45, 2.75) is 12.3 Å². The number of rotatable bonds is 5. The maximum atomic E-state index is 13.1. The number of carbonyl (C=O) groups is 3. The van der Waals surface area contributed by atoms with E-state index in [0.29, 0.717) is 23.1 Å². The first-order valence-corrected chi connectivity index (χ1v) is 12.2. The van der Waals surface area contributed by atoms with Crippen LogP contribution < -0.4 is 5.32 Å². The number of ether oxygens (including phenoxy) is 1. The van der Waals surface area contributed by atoms with Gasteiger partial charge in [0, 0.05) is 23.5 Å². The molecule has 0 aromatic heterocycles. The molecule has 1 aliphatic heterocycles. The Labute approximate surface area is 210 Å². The maximum absolute atomic E-state index is 13.1. The van der Waals surface area contributed by atoms with Gasteiger partial charge in [-0.05, 0) is 46.9 Å². The summed E-state index contributed by atoms with van der Waals surface area (Å²) in [4.78, 5) is 38.7. The van der Waals surface area contributed by atoms with Crippen LogP contribution in [0.15, 0.2) is 71.2 Å². The zero-order valence-electron chi connectivity index (χ0n) is 18.7. The second-order valence-corrected chi connectivity index (χ2v) is 9.63. The summed E-state index contributed by atoms with van der Waals surface area (Å²) in [7, 11) is 0. The third-order valence-electron chi connectivity index (χ3n) is 6.62. The zero-order chi connectivity index (χ0) is 24.5. The average molecular weight is 535 g/mol. The number of anilines is 1. The van der Waals surface area contributed by atoms with Crippen LogP contribution >= 0.6 is 15.9 Å². The minimum absolute atomic E-state index is 0.0747. The standard InChI is InChI=1S/C27H23BrN2O5/c28-17-9-10-22(25(31)30-12-11-16(14-30)26(32)33)24(13-17)29-27(34)35-15-23-20-7-3-1-5-18(20)19-6-2-4-8-21(19)23/h1-10,13,16,23H,11-12,14-15H2,(H,29,34)(H,32,33). The van der Waals surface area contributed by atoms with Gasteiger partial charge in [0.15, 0.2) is 0 Å². The number of benzene rings is 3. The fraction of sp³-hybridized carbons (Fsp3) is 0.222. The van der Waals surface area contributed by atoms with E-state index in [1.54, 1.807) is 18.2 Å². The Morgan fingerprint density at radius 1 is 1.00 bits per heavy atom. The van der Waals surface area contributed by atoms with Gasteiger partial charge in [0.1, 0.15) is 6.61 Å². The van der Waals surface area contributed by atoms with Gasteiger partial charge in [-0.15, -0.1) is 0 Å². The average Bonchev–Trinajstić information content (AvgIpc) is 3.47. The molecule has 0 spiro atoms. The molecule has 2 N–H and O–H groups in total. The molecule has 2 amide bonds. The molecule has 8 heteroatoms. The van der Waals surface area contributed by atoms with Gasteiger partial charge in [-0.25, -0.2) is 4.79 Å². The minimum atomic E-state index is -0.909. The summed E-state index contributed by atoms with van der Waals surface area (Å²) in [6.45, 7) is 0.661. The second kappa shape index (κ2) is 9.54. The van der Waals surface area contributed by atoms with E-state index in [4.69, 9.17) is 4.74 Å². The van der Waals surface area contributed by atoms with Gasteiger partial charge in [-0.1, -0.05) is 64.5 Å². The molecule has 178 valence electrons. The SMILES string of the molecule is O=C(Nc1cc(Br)ccc1C(=O)N1CCC(C(=O)O)C1)OCC1c2ccccc2-c2ccccc21. The van der Waals surface area contributed by atoms with Crippen molar-refractivity contribution in [2.24, 2.45) is 5.92 Å². The molecule has 0 radical (unpaired) electrons. The van der Waals surface area contributed by atoms with Gasteiger partial charge in [0.25, 0.3) is 5.91 Å². The molecule has 2 aliphatic rings. The monoisotopic (exact) mass is 534 g/mol. The van der Waals surface area contributed by atoms with E-state index in [9.17, 15) is 19.5 Å². The number of carboxylic acids is 1. The summed E-state index contributed by atoms with van der Waals surface area (Å²) < 4.78 is 6.31. The molecule has 1 fully saturated rings. The largest absolute Gasteiger partial charge is 0.481 e. The molecule has 1 atom stereocenters. The number of hydrogen-bond donors (Lipinski definition) is 2. The number of aliphatic carboxylic acids is 1. The van der Waals surface area contributed by atoms with Gasteiger partial charge in [-0.2, -0.15) is 0 Å². The van der Waals surface area contributed by atoms with Crippen molar-refractivity contribution in [2.75, 3.05) is 25.0 Å². The van der Waals surface area contributed by atoms with Crippen LogP contribution in [0.25, 0.3) is 11.1 Å². The summed E-state index contributed by atoms with van der Waals surface area (Å²) in [6.07, 6.45) is -0.254. The highest BCUT2D eigenvalue weighted by Crippen LogP contribution is 2.44. The van der Waals surface area contributed by atoms with Crippen LogP contribution in [0.5, 0.6) is 0 Å². The van der Waals surface area contributed by atoms with Crippen LogP contribution in [0.2, 0.25) is 0 Å². The Hall–Kier alpha value is -3.65. The Kier molecular flexibility index (Phi) is 6.30. The van der Waals surface area contributed by atoms with E-state index < -0.39 is 18.0 Å². The molecule has 1 heterocycles. The lowest BCUT2D eigenvalue weighted by Crippen LogP contribution is -2.31. The molecule has 3 aromatic carbocycles. The van der Waals surface area contributed by atoms with Crippen LogP contribution in [0.4, 0.5) is 10.5 Å². The van der Waals surface area contributed by atoms with Crippen molar-refractivity contribution >= 4 is 39.6 Å². The van der Waals surface area contributed by atoms with Crippen LogP contribution in [0, 0.1) is 5.92 Å². The number of halogens is 1. The summed E-state index contributed by atoms with van der Waals surface area (Å²) in [5.74, 6) is -1.88.